The van der Waals surface area contributed by atoms with Crippen molar-refractivity contribution in [3.8, 4) is 27.4 Å². The lowest BCUT2D eigenvalue weighted by molar-refractivity contribution is -0.136. The van der Waals surface area contributed by atoms with Gasteiger partial charge in [-0.15, -0.1) is 11.3 Å². The van der Waals surface area contributed by atoms with Crippen molar-refractivity contribution in [2.75, 3.05) is 7.11 Å². The topological polar surface area (TPSA) is 88.5 Å². The van der Waals surface area contributed by atoms with E-state index in [-0.39, 0.29) is 12.3 Å². The molecule has 0 spiro atoms. The van der Waals surface area contributed by atoms with Gasteiger partial charge in [-0.25, -0.2) is 4.98 Å². The minimum absolute atomic E-state index is 0.142. The zero-order valence-corrected chi connectivity index (χ0v) is 20.7. The fourth-order valence-electron chi connectivity index (χ4n) is 3.78. The zero-order valence-electron chi connectivity index (χ0n) is 19.2. The molecule has 0 saturated carbocycles. The molecule has 1 amide bonds. The van der Waals surface area contributed by atoms with Crippen LogP contribution in [0.15, 0.2) is 66.7 Å². The Morgan fingerprint density at radius 1 is 1.03 bits per heavy atom. The summed E-state index contributed by atoms with van der Waals surface area (Å²) in [6.45, 7) is 2.13. The quantitative estimate of drug-likeness (QED) is 0.306. The van der Waals surface area contributed by atoms with Crippen LogP contribution in [0.1, 0.15) is 26.5 Å². The van der Waals surface area contributed by atoms with Crippen LogP contribution in [0.2, 0.25) is 5.02 Å². The van der Waals surface area contributed by atoms with E-state index in [2.05, 4.69) is 10.3 Å². The van der Waals surface area contributed by atoms with Crippen molar-refractivity contribution in [1.29, 1.82) is 0 Å². The lowest BCUT2D eigenvalue weighted by atomic mass is 9.96. The molecule has 4 aromatic rings. The number of nitrogens with one attached hydrogen (secondary N) is 1. The third kappa shape index (κ3) is 5.70. The summed E-state index contributed by atoms with van der Waals surface area (Å²) >= 11 is 7.31. The summed E-state index contributed by atoms with van der Waals surface area (Å²) in [4.78, 5) is 29.4. The van der Waals surface area contributed by atoms with E-state index in [1.165, 1.54) is 18.4 Å². The Balaban J connectivity index is 1.55. The van der Waals surface area contributed by atoms with E-state index in [0.29, 0.717) is 33.5 Å². The standard InChI is InChI=1S/C27H23ClN2O4S/c1-16-25(35-27(30-16)17-7-10-21(28)11-8-17)26(33)29-15-19-5-3-4-6-22(19)18-9-12-23(34-2)20(13-18)14-24(31)32/h3-13H,14-15H2,1-2H3,(H,29,33)(H,31,32). The van der Waals surface area contributed by atoms with Crippen LogP contribution in [0, 0.1) is 6.92 Å². The van der Waals surface area contributed by atoms with Crippen LogP contribution in [-0.2, 0) is 17.8 Å². The molecule has 8 heteroatoms. The van der Waals surface area contributed by atoms with Crippen LogP contribution >= 0.6 is 22.9 Å². The van der Waals surface area contributed by atoms with Gasteiger partial charge in [-0.05, 0) is 47.9 Å². The zero-order chi connectivity index (χ0) is 24.9. The average Bonchev–Trinajstić information content (AvgIpc) is 3.24. The van der Waals surface area contributed by atoms with Crippen molar-refractivity contribution >= 4 is 34.8 Å². The van der Waals surface area contributed by atoms with Crippen LogP contribution < -0.4 is 10.1 Å². The van der Waals surface area contributed by atoms with Crippen LogP contribution in [0.25, 0.3) is 21.7 Å². The van der Waals surface area contributed by atoms with Gasteiger partial charge < -0.3 is 15.2 Å². The van der Waals surface area contributed by atoms with E-state index in [1.54, 1.807) is 18.2 Å². The van der Waals surface area contributed by atoms with E-state index >= 15 is 0 Å². The van der Waals surface area contributed by atoms with Crippen LogP contribution in [0.5, 0.6) is 5.75 Å². The molecular formula is C27H23ClN2O4S. The Morgan fingerprint density at radius 3 is 2.46 bits per heavy atom. The Labute approximate surface area is 212 Å². The molecule has 1 aromatic heterocycles. The molecule has 0 bridgehead atoms. The monoisotopic (exact) mass is 506 g/mol. The molecule has 0 saturated heterocycles. The van der Waals surface area contributed by atoms with Gasteiger partial charge in [-0.2, -0.15) is 0 Å². The Kier molecular flexibility index (Phi) is 7.48. The Morgan fingerprint density at radius 2 is 1.74 bits per heavy atom. The number of hydrogen-bond acceptors (Lipinski definition) is 5. The number of carboxylic acid groups (broad SMARTS) is 1. The molecule has 0 aliphatic carbocycles. The fraction of sp³-hybridized carbons (Fsp3) is 0.148. The summed E-state index contributed by atoms with van der Waals surface area (Å²) in [6, 6.07) is 20.5. The molecule has 1 heterocycles. The molecule has 4 rings (SSSR count). The van der Waals surface area contributed by atoms with Crippen molar-refractivity contribution < 1.29 is 19.4 Å². The predicted molar refractivity (Wildman–Crippen MR) is 138 cm³/mol. The number of rotatable bonds is 8. The number of benzene rings is 3. The first-order valence-electron chi connectivity index (χ1n) is 10.8. The van der Waals surface area contributed by atoms with Crippen molar-refractivity contribution in [1.82, 2.24) is 10.3 Å². The smallest absolute Gasteiger partial charge is 0.307 e. The van der Waals surface area contributed by atoms with Gasteiger partial charge in [-0.3, -0.25) is 9.59 Å². The highest BCUT2D eigenvalue weighted by atomic mass is 35.5. The fourth-order valence-corrected chi connectivity index (χ4v) is 4.90. The van der Waals surface area contributed by atoms with Gasteiger partial charge in [-0.1, -0.05) is 54.1 Å². The molecule has 178 valence electrons. The van der Waals surface area contributed by atoms with Crippen LogP contribution in [0.3, 0.4) is 0 Å². The van der Waals surface area contributed by atoms with Crippen molar-refractivity contribution in [2.45, 2.75) is 19.9 Å². The largest absolute Gasteiger partial charge is 0.496 e. The number of methoxy groups -OCH3 is 1. The highest BCUT2D eigenvalue weighted by Gasteiger charge is 2.17. The molecular weight excluding hydrogens is 484 g/mol. The molecule has 0 fully saturated rings. The van der Waals surface area contributed by atoms with Gasteiger partial charge in [0.25, 0.3) is 5.91 Å². The van der Waals surface area contributed by atoms with Crippen molar-refractivity contribution in [3.05, 3.63) is 93.5 Å². The molecule has 3 aromatic carbocycles. The van der Waals surface area contributed by atoms with E-state index in [1.807, 2.05) is 55.5 Å². The SMILES string of the molecule is COc1ccc(-c2ccccc2CNC(=O)c2sc(-c3ccc(Cl)cc3)nc2C)cc1CC(=O)O. The van der Waals surface area contributed by atoms with Gasteiger partial charge in [0.05, 0.1) is 19.2 Å². The summed E-state index contributed by atoms with van der Waals surface area (Å²) in [5, 5.41) is 13.7. The highest BCUT2D eigenvalue weighted by Crippen LogP contribution is 2.31. The maximum atomic E-state index is 13.0. The second-order valence-electron chi connectivity index (χ2n) is 7.88. The second kappa shape index (κ2) is 10.7. The van der Waals surface area contributed by atoms with Crippen LogP contribution in [0.4, 0.5) is 0 Å². The highest BCUT2D eigenvalue weighted by molar-refractivity contribution is 7.17. The number of thiazole rings is 1. The number of halogens is 1. The summed E-state index contributed by atoms with van der Waals surface area (Å²) in [6.07, 6.45) is -0.142. The van der Waals surface area contributed by atoms with Crippen LogP contribution in [-0.4, -0.2) is 29.1 Å². The van der Waals surface area contributed by atoms with Gasteiger partial charge in [0.2, 0.25) is 0 Å². The molecule has 6 nitrogen and oxygen atoms in total. The van der Waals surface area contributed by atoms with E-state index in [0.717, 1.165) is 27.3 Å². The first-order valence-corrected chi connectivity index (χ1v) is 12.0. The van der Waals surface area contributed by atoms with Crippen molar-refractivity contribution in [3.63, 3.8) is 0 Å². The van der Waals surface area contributed by atoms with E-state index < -0.39 is 5.97 Å². The first kappa shape index (κ1) is 24.4. The average molecular weight is 507 g/mol. The maximum Gasteiger partial charge on any atom is 0.307 e. The Hall–Kier alpha value is -3.68. The first-order chi connectivity index (χ1) is 16.9. The molecule has 0 aliphatic heterocycles. The molecule has 0 aliphatic rings. The molecule has 0 unspecified atom stereocenters. The summed E-state index contributed by atoms with van der Waals surface area (Å²) in [5.41, 5.74) is 4.83. The number of carbonyl (C=O) groups is 2. The number of carboxylic acids is 1. The van der Waals surface area contributed by atoms with Gasteiger partial charge in [0.1, 0.15) is 15.6 Å². The number of hydrogen-bond donors (Lipinski definition) is 2. The number of carbonyl (C=O) groups excluding carboxylic acids is 1. The van der Waals surface area contributed by atoms with Crippen molar-refractivity contribution in [2.24, 2.45) is 0 Å². The number of aliphatic carboxylic acids is 1. The summed E-state index contributed by atoms with van der Waals surface area (Å²) in [7, 11) is 1.52. The maximum absolute atomic E-state index is 13.0. The Bertz CT molecular complexity index is 1380. The predicted octanol–water partition coefficient (Wildman–Crippen LogP) is 6.00. The third-order valence-electron chi connectivity index (χ3n) is 5.48. The van der Waals surface area contributed by atoms with E-state index in [9.17, 15) is 14.7 Å². The second-order valence-corrected chi connectivity index (χ2v) is 9.31. The number of aromatic nitrogens is 1. The lowest BCUT2D eigenvalue weighted by Crippen LogP contribution is -2.22. The molecule has 0 radical (unpaired) electrons. The van der Waals surface area contributed by atoms with Gasteiger partial charge in [0.15, 0.2) is 0 Å². The normalized spacial score (nSPS) is 10.7. The number of ether oxygens (including phenoxy) is 1. The van der Waals surface area contributed by atoms with E-state index in [4.69, 9.17) is 16.3 Å². The minimum Gasteiger partial charge on any atom is -0.496 e. The lowest BCUT2D eigenvalue weighted by Gasteiger charge is -2.13. The summed E-state index contributed by atoms with van der Waals surface area (Å²) in [5.74, 6) is -0.602. The summed E-state index contributed by atoms with van der Waals surface area (Å²) < 4.78 is 5.31. The number of aryl methyl sites for hydroxylation is 1. The third-order valence-corrected chi connectivity index (χ3v) is 6.94. The minimum atomic E-state index is -0.932. The number of amides is 1. The molecule has 2 N–H and O–H groups in total. The van der Waals surface area contributed by atoms with Gasteiger partial charge >= 0.3 is 5.97 Å². The molecule has 35 heavy (non-hydrogen) atoms. The molecule has 0 atom stereocenters. The van der Waals surface area contributed by atoms with Gasteiger partial charge in [0, 0.05) is 22.7 Å². The number of nitrogens with zero attached hydrogens (tertiary/aromatic N) is 1.